The smallest absolute Gasteiger partial charge is 0.311 e. The predicted molar refractivity (Wildman–Crippen MR) is 157 cm³/mol. The molecule has 4 nitrogen and oxygen atoms in total. The molecule has 0 spiro atoms. The standard InChI is InChI=1S/C31H52O4.C2H6/c1-6-10-12-14-16-26(8-3)18-20-30(32)34-28-22-25(5)23-29(24-28)35-31(33)21-19-27(9-4)17-15-13-11-7-2;1-2/h22-24,26-27H,6-21H2,1-5H3;1-2H3. The van der Waals surface area contributed by atoms with E-state index in [2.05, 4.69) is 27.7 Å². The second-order valence-electron chi connectivity index (χ2n) is 10.3. The molecule has 4 heteroatoms. The maximum absolute atomic E-state index is 12.5. The summed E-state index contributed by atoms with van der Waals surface area (Å²) in [6.07, 6.45) is 17.3. The van der Waals surface area contributed by atoms with Crippen molar-refractivity contribution in [3.8, 4) is 11.5 Å². The Labute approximate surface area is 229 Å². The molecule has 0 aromatic heterocycles. The lowest BCUT2D eigenvalue weighted by atomic mass is 9.93. The normalized spacial score (nSPS) is 12.3. The van der Waals surface area contributed by atoms with Gasteiger partial charge in [-0.05, 0) is 49.3 Å². The van der Waals surface area contributed by atoms with Crippen LogP contribution in [0.3, 0.4) is 0 Å². The van der Waals surface area contributed by atoms with Crippen LogP contribution in [-0.4, -0.2) is 11.9 Å². The molecule has 0 bridgehead atoms. The van der Waals surface area contributed by atoms with E-state index >= 15 is 0 Å². The third kappa shape index (κ3) is 18.1. The SMILES string of the molecule is CC.CCCCCCC(CC)CCC(=O)Oc1cc(C)cc(OC(=O)CCC(CC)CCCCCC)c1. The monoisotopic (exact) mass is 518 g/mol. The Balaban J connectivity index is 0.00000631. The molecule has 2 unspecified atom stereocenters. The van der Waals surface area contributed by atoms with E-state index in [0.29, 0.717) is 36.2 Å². The highest BCUT2D eigenvalue weighted by atomic mass is 16.5. The molecule has 0 aliphatic carbocycles. The van der Waals surface area contributed by atoms with Gasteiger partial charge < -0.3 is 9.47 Å². The molecule has 214 valence electrons. The predicted octanol–water partition coefficient (Wildman–Crippen LogP) is 10.4. The lowest BCUT2D eigenvalue weighted by Gasteiger charge is -2.15. The topological polar surface area (TPSA) is 52.6 Å². The maximum Gasteiger partial charge on any atom is 0.311 e. The van der Waals surface area contributed by atoms with Gasteiger partial charge in [-0.15, -0.1) is 0 Å². The van der Waals surface area contributed by atoms with E-state index < -0.39 is 0 Å². The van der Waals surface area contributed by atoms with Crippen LogP contribution >= 0.6 is 0 Å². The van der Waals surface area contributed by atoms with Gasteiger partial charge >= 0.3 is 11.9 Å². The van der Waals surface area contributed by atoms with Gasteiger partial charge in [0.15, 0.2) is 0 Å². The van der Waals surface area contributed by atoms with Crippen LogP contribution in [0.25, 0.3) is 0 Å². The molecular formula is C33H58O4. The van der Waals surface area contributed by atoms with Crippen LogP contribution in [-0.2, 0) is 9.59 Å². The van der Waals surface area contributed by atoms with Crippen molar-refractivity contribution < 1.29 is 19.1 Å². The van der Waals surface area contributed by atoms with Gasteiger partial charge in [0.2, 0.25) is 0 Å². The summed E-state index contributed by atoms with van der Waals surface area (Å²) in [7, 11) is 0. The lowest BCUT2D eigenvalue weighted by Crippen LogP contribution is -2.12. The van der Waals surface area contributed by atoms with Crippen molar-refractivity contribution in [2.75, 3.05) is 0 Å². The van der Waals surface area contributed by atoms with Gasteiger partial charge in [-0.1, -0.05) is 119 Å². The van der Waals surface area contributed by atoms with Gasteiger partial charge in [-0.25, -0.2) is 0 Å². The Morgan fingerprint density at radius 1 is 0.622 bits per heavy atom. The van der Waals surface area contributed by atoms with E-state index in [0.717, 1.165) is 31.2 Å². The largest absolute Gasteiger partial charge is 0.426 e. The molecule has 0 fully saturated rings. The minimum Gasteiger partial charge on any atom is -0.426 e. The van der Waals surface area contributed by atoms with Crippen LogP contribution in [0.4, 0.5) is 0 Å². The summed E-state index contributed by atoms with van der Waals surface area (Å²) in [6.45, 7) is 14.8. The summed E-state index contributed by atoms with van der Waals surface area (Å²) in [5.41, 5.74) is 0.905. The first-order valence-corrected chi connectivity index (χ1v) is 15.4. The molecule has 0 radical (unpaired) electrons. The summed E-state index contributed by atoms with van der Waals surface area (Å²) < 4.78 is 11.2. The Morgan fingerprint density at radius 3 is 1.38 bits per heavy atom. The summed E-state index contributed by atoms with van der Waals surface area (Å²) in [6, 6.07) is 5.30. The molecule has 0 aliphatic rings. The molecule has 0 saturated carbocycles. The van der Waals surface area contributed by atoms with E-state index in [4.69, 9.17) is 9.47 Å². The number of esters is 2. The van der Waals surface area contributed by atoms with Crippen molar-refractivity contribution in [3.05, 3.63) is 23.8 Å². The summed E-state index contributed by atoms with van der Waals surface area (Å²) >= 11 is 0. The number of aryl methyl sites for hydroxylation is 1. The first kappa shape index (κ1) is 35.2. The number of carbonyl (C=O) groups excluding carboxylic acids is 2. The van der Waals surface area contributed by atoms with Crippen molar-refractivity contribution in [1.29, 1.82) is 0 Å². The molecule has 1 aromatic rings. The van der Waals surface area contributed by atoms with Crippen LogP contribution < -0.4 is 9.47 Å². The molecular weight excluding hydrogens is 460 g/mol. The van der Waals surface area contributed by atoms with Crippen molar-refractivity contribution in [3.63, 3.8) is 0 Å². The Hall–Kier alpha value is -1.84. The highest BCUT2D eigenvalue weighted by Gasteiger charge is 2.14. The quantitative estimate of drug-likeness (QED) is 0.0978. The molecule has 1 aromatic carbocycles. The molecule has 0 saturated heterocycles. The molecule has 0 aliphatic heterocycles. The lowest BCUT2D eigenvalue weighted by molar-refractivity contribution is -0.135. The van der Waals surface area contributed by atoms with Crippen molar-refractivity contribution in [2.45, 2.75) is 151 Å². The van der Waals surface area contributed by atoms with Crippen LogP contribution in [0, 0.1) is 18.8 Å². The van der Waals surface area contributed by atoms with Crippen molar-refractivity contribution in [2.24, 2.45) is 11.8 Å². The minimum absolute atomic E-state index is 0.214. The Kier molecular flexibility index (Phi) is 22.1. The van der Waals surface area contributed by atoms with Gasteiger partial charge in [0.1, 0.15) is 11.5 Å². The first-order valence-electron chi connectivity index (χ1n) is 15.4. The molecule has 1 rings (SSSR count). The maximum atomic E-state index is 12.5. The molecule has 0 N–H and O–H groups in total. The summed E-state index contributed by atoms with van der Waals surface area (Å²) in [4.78, 5) is 24.9. The van der Waals surface area contributed by atoms with Gasteiger partial charge in [0, 0.05) is 18.9 Å². The first-order chi connectivity index (χ1) is 17.9. The fourth-order valence-electron chi connectivity index (χ4n) is 4.67. The van der Waals surface area contributed by atoms with Crippen LogP contribution in [0.2, 0.25) is 0 Å². The zero-order valence-electron chi connectivity index (χ0n) is 25.3. The Morgan fingerprint density at radius 2 is 1.03 bits per heavy atom. The molecule has 2 atom stereocenters. The van der Waals surface area contributed by atoms with E-state index in [1.54, 1.807) is 6.07 Å². The van der Waals surface area contributed by atoms with E-state index in [1.807, 2.05) is 32.9 Å². The molecule has 0 heterocycles. The summed E-state index contributed by atoms with van der Waals surface area (Å²) in [5.74, 6) is 1.63. The minimum atomic E-state index is -0.214. The number of ether oxygens (including phenoxy) is 2. The van der Waals surface area contributed by atoms with Gasteiger partial charge in [0.25, 0.3) is 0 Å². The molecule has 37 heavy (non-hydrogen) atoms. The van der Waals surface area contributed by atoms with E-state index in [1.165, 1.54) is 64.2 Å². The number of rotatable bonds is 20. The van der Waals surface area contributed by atoms with E-state index in [9.17, 15) is 9.59 Å². The van der Waals surface area contributed by atoms with Crippen molar-refractivity contribution in [1.82, 2.24) is 0 Å². The molecule has 0 amide bonds. The number of carbonyl (C=O) groups is 2. The number of benzene rings is 1. The number of unbranched alkanes of at least 4 members (excludes halogenated alkanes) is 6. The van der Waals surface area contributed by atoms with E-state index in [-0.39, 0.29) is 11.9 Å². The van der Waals surface area contributed by atoms with Gasteiger partial charge in [0.05, 0.1) is 0 Å². The highest BCUT2D eigenvalue weighted by Crippen LogP contribution is 2.26. The van der Waals surface area contributed by atoms with Gasteiger partial charge in [-0.3, -0.25) is 9.59 Å². The Bertz CT molecular complexity index is 656. The fraction of sp³-hybridized carbons (Fsp3) is 0.758. The summed E-state index contributed by atoms with van der Waals surface area (Å²) in [5, 5.41) is 0. The van der Waals surface area contributed by atoms with Crippen LogP contribution in [0.15, 0.2) is 18.2 Å². The van der Waals surface area contributed by atoms with Crippen LogP contribution in [0.5, 0.6) is 11.5 Å². The fourth-order valence-corrected chi connectivity index (χ4v) is 4.67. The number of hydrogen-bond donors (Lipinski definition) is 0. The second-order valence-corrected chi connectivity index (χ2v) is 10.3. The van der Waals surface area contributed by atoms with Gasteiger partial charge in [-0.2, -0.15) is 0 Å². The van der Waals surface area contributed by atoms with Crippen LogP contribution in [0.1, 0.15) is 150 Å². The second kappa shape index (κ2) is 23.3. The number of hydrogen-bond acceptors (Lipinski definition) is 4. The average Bonchev–Trinajstić information content (AvgIpc) is 2.88. The third-order valence-electron chi connectivity index (χ3n) is 7.09. The van der Waals surface area contributed by atoms with Crippen molar-refractivity contribution >= 4 is 11.9 Å². The third-order valence-corrected chi connectivity index (χ3v) is 7.09. The average molecular weight is 519 g/mol. The zero-order valence-corrected chi connectivity index (χ0v) is 25.3. The highest BCUT2D eigenvalue weighted by molar-refractivity contribution is 5.74. The zero-order chi connectivity index (χ0) is 27.9.